The Bertz CT molecular complexity index is 2830. The zero-order valence-corrected chi connectivity index (χ0v) is 25.6. The van der Waals surface area contributed by atoms with E-state index in [2.05, 4.69) is 164 Å². The van der Waals surface area contributed by atoms with Crippen LogP contribution < -0.4 is 0 Å². The summed E-state index contributed by atoms with van der Waals surface area (Å²) in [5.41, 5.74) is 9.24. The topological polar surface area (TPSA) is 13.1 Å². The predicted molar refractivity (Wildman–Crippen MR) is 200 cm³/mol. The lowest BCUT2D eigenvalue weighted by molar-refractivity contribution is 0.673. The molecule has 10 rings (SSSR count). The molecule has 1 aromatic heterocycles. The van der Waals surface area contributed by atoms with Gasteiger partial charge in [0.15, 0.2) is 0 Å². The Morgan fingerprint density at radius 1 is 0.277 bits per heavy atom. The van der Waals surface area contributed by atoms with Gasteiger partial charge in [0, 0.05) is 16.2 Å². The summed E-state index contributed by atoms with van der Waals surface area (Å²) in [5, 5.41) is 12.2. The van der Waals surface area contributed by atoms with Crippen molar-refractivity contribution in [3.8, 4) is 33.4 Å². The molecular formula is C46H28O. The molecule has 10 aromatic rings. The molecule has 0 aliphatic heterocycles. The second-order valence-corrected chi connectivity index (χ2v) is 12.6. The highest BCUT2D eigenvalue weighted by Crippen LogP contribution is 2.39. The molecule has 0 saturated heterocycles. The molecule has 0 bridgehead atoms. The fourth-order valence-corrected chi connectivity index (χ4v) is 7.34. The first kappa shape index (κ1) is 26.1. The van der Waals surface area contributed by atoms with E-state index in [1.165, 1.54) is 81.9 Å². The average molecular weight is 597 g/mol. The van der Waals surface area contributed by atoms with Gasteiger partial charge in [-0.05, 0) is 107 Å². The van der Waals surface area contributed by atoms with Crippen LogP contribution >= 0.6 is 0 Å². The third kappa shape index (κ3) is 4.25. The summed E-state index contributed by atoms with van der Waals surface area (Å²) in [4.78, 5) is 0. The van der Waals surface area contributed by atoms with Gasteiger partial charge in [-0.2, -0.15) is 0 Å². The second-order valence-electron chi connectivity index (χ2n) is 12.6. The van der Waals surface area contributed by atoms with E-state index in [1.807, 2.05) is 6.07 Å². The highest BCUT2D eigenvalue weighted by Gasteiger charge is 2.13. The molecule has 0 aliphatic carbocycles. The zero-order chi connectivity index (χ0) is 30.9. The van der Waals surface area contributed by atoms with Crippen LogP contribution in [0, 0.1) is 0 Å². The summed E-state index contributed by atoms with van der Waals surface area (Å²) >= 11 is 0. The molecule has 1 heteroatoms. The summed E-state index contributed by atoms with van der Waals surface area (Å²) in [6.07, 6.45) is 0. The molecule has 0 fully saturated rings. The number of hydrogen-bond acceptors (Lipinski definition) is 1. The molecule has 1 heterocycles. The number of benzene rings is 9. The third-order valence-electron chi connectivity index (χ3n) is 9.82. The van der Waals surface area contributed by atoms with Gasteiger partial charge < -0.3 is 4.42 Å². The fraction of sp³-hybridized carbons (Fsp3) is 0. The molecule has 0 atom stereocenters. The van der Waals surface area contributed by atoms with Gasteiger partial charge in [0.2, 0.25) is 0 Å². The first-order chi connectivity index (χ1) is 23.2. The van der Waals surface area contributed by atoms with Crippen molar-refractivity contribution in [1.82, 2.24) is 0 Å². The fourth-order valence-electron chi connectivity index (χ4n) is 7.34. The van der Waals surface area contributed by atoms with E-state index >= 15 is 0 Å². The molecule has 9 aromatic carbocycles. The Labute approximate surface area is 271 Å². The van der Waals surface area contributed by atoms with E-state index in [0.717, 1.165) is 16.6 Å². The van der Waals surface area contributed by atoms with Gasteiger partial charge in [0.05, 0.1) is 0 Å². The van der Waals surface area contributed by atoms with Gasteiger partial charge >= 0.3 is 0 Å². The summed E-state index contributed by atoms with van der Waals surface area (Å²) in [5.74, 6) is 0. The van der Waals surface area contributed by atoms with Crippen LogP contribution in [0.4, 0.5) is 0 Å². The van der Waals surface area contributed by atoms with Crippen molar-refractivity contribution < 1.29 is 4.42 Å². The van der Waals surface area contributed by atoms with Crippen molar-refractivity contribution in [2.75, 3.05) is 0 Å². The second kappa shape index (κ2) is 10.2. The van der Waals surface area contributed by atoms with Crippen LogP contribution in [0.2, 0.25) is 0 Å². The molecule has 0 amide bonds. The molecular weight excluding hydrogens is 569 g/mol. The van der Waals surface area contributed by atoms with E-state index in [1.54, 1.807) is 0 Å². The van der Waals surface area contributed by atoms with E-state index in [4.69, 9.17) is 4.42 Å². The zero-order valence-electron chi connectivity index (χ0n) is 25.6. The minimum Gasteiger partial charge on any atom is -0.455 e. The largest absolute Gasteiger partial charge is 0.455 e. The number of fused-ring (bicyclic) bond motifs is 9. The van der Waals surface area contributed by atoms with Crippen LogP contribution in [0.3, 0.4) is 0 Å². The summed E-state index contributed by atoms with van der Waals surface area (Å²) < 4.78 is 6.41. The maximum absolute atomic E-state index is 6.41. The molecule has 218 valence electrons. The average Bonchev–Trinajstić information content (AvgIpc) is 3.53. The van der Waals surface area contributed by atoms with Crippen molar-refractivity contribution in [1.29, 1.82) is 0 Å². The number of para-hydroxylation sites is 1. The maximum Gasteiger partial charge on any atom is 0.143 e. The molecule has 0 spiro atoms. The first-order valence-corrected chi connectivity index (χ1v) is 16.2. The van der Waals surface area contributed by atoms with E-state index in [0.29, 0.717) is 0 Å². The van der Waals surface area contributed by atoms with Crippen molar-refractivity contribution in [3.05, 3.63) is 170 Å². The van der Waals surface area contributed by atoms with Crippen molar-refractivity contribution >= 4 is 65.0 Å². The molecule has 0 saturated carbocycles. The van der Waals surface area contributed by atoms with Gasteiger partial charge in [-0.3, -0.25) is 0 Å². The van der Waals surface area contributed by atoms with E-state index in [9.17, 15) is 0 Å². The Morgan fingerprint density at radius 3 is 1.45 bits per heavy atom. The number of hydrogen-bond donors (Lipinski definition) is 0. The van der Waals surface area contributed by atoms with Crippen LogP contribution in [0.1, 0.15) is 0 Å². The van der Waals surface area contributed by atoms with E-state index in [-0.39, 0.29) is 0 Å². The van der Waals surface area contributed by atoms with E-state index < -0.39 is 0 Å². The summed E-state index contributed by atoms with van der Waals surface area (Å²) in [6.45, 7) is 0. The lowest BCUT2D eigenvalue weighted by Gasteiger charge is -2.10. The molecule has 1 nitrogen and oxygen atoms in total. The van der Waals surface area contributed by atoms with Crippen LogP contribution in [0.5, 0.6) is 0 Å². The SMILES string of the molecule is c1ccc2cc(-c3ccc4cc(-c5ccc(-c6ccc7c(ccc8ccc9c%10ccccc%10oc9c87)c6)cc5)ccc4c3)ccc2c1. The molecule has 47 heavy (non-hydrogen) atoms. The molecule has 0 N–H and O–H groups in total. The quantitative estimate of drug-likeness (QED) is 0.185. The third-order valence-corrected chi connectivity index (χ3v) is 9.82. The van der Waals surface area contributed by atoms with Gasteiger partial charge in [0.25, 0.3) is 0 Å². The van der Waals surface area contributed by atoms with Crippen LogP contribution in [-0.2, 0) is 0 Å². The van der Waals surface area contributed by atoms with Crippen LogP contribution in [0.25, 0.3) is 98.4 Å². The Hall–Kier alpha value is -6.18. The summed E-state index contributed by atoms with van der Waals surface area (Å²) in [7, 11) is 0. The lowest BCUT2D eigenvalue weighted by atomic mass is 9.94. The van der Waals surface area contributed by atoms with Crippen molar-refractivity contribution in [2.24, 2.45) is 0 Å². The Morgan fingerprint density at radius 2 is 0.723 bits per heavy atom. The Balaban J connectivity index is 0.976. The minimum atomic E-state index is 0.931. The Kier molecular flexibility index (Phi) is 5.64. The maximum atomic E-state index is 6.41. The lowest BCUT2D eigenvalue weighted by Crippen LogP contribution is -1.84. The molecule has 0 radical (unpaired) electrons. The summed E-state index contributed by atoms with van der Waals surface area (Å²) in [6, 6.07) is 61.7. The minimum absolute atomic E-state index is 0.931. The van der Waals surface area contributed by atoms with Crippen LogP contribution in [0.15, 0.2) is 174 Å². The first-order valence-electron chi connectivity index (χ1n) is 16.2. The predicted octanol–water partition coefficient (Wildman–Crippen LogP) is 13.2. The van der Waals surface area contributed by atoms with Gasteiger partial charge in [-0.15, -0.1) is 0 Å². The number of furan rings is 1. The number of rotatable bonds is 3. The van der Waals surface area contributed by atoms with Gasteiger partial charge in [0.1, 0.15) is 11.2 Å². The van der Waals surface area contributed by atoms with Crippen molar-refractivity contribution in [3.63, 3.8) is 0 Å². The normalized spacial score (nSPS) is 11.8. The highest BCUT2D eigenvalue weighted by atomic mass is 16.3. The van der Waals surface area contributed by atoms with Gasteiger partial charge in [-0.1, -0.05) is 133 Å². The van der Waals surface area contributed by atoms with Crippen LogP contribution in [-0.4, -0.2) is 0 Å². The standard InChI is InChI=1S/C46H28O/c1-2-6-33-25-36(15-13-29(33)5-1)39-19-18-37-26-34(16-17-38(37)27-39)30-9-11-31(12-10-30)35-22-23-41-40(28-35)20-14-32-21-24-43-42-7-3-4-8-44(42)47-46(43)45(32)41/h1-28H. The molecule has 0 aliphatic rings. The monoisotopic (exact) mass is 596 g/mol. The molecule has 0 unspecified atom stereocenters. The van der Waals surface area contributed by atoms with Crippen molar-refractivity contribution in [2.45, 2.75) is 0 Å². The van der Waals surface area contributed by atoms with Gasteiger partial charge in [-0.25, -0.2) is 0 Å². The smallest absolute Gasteiger partial charge is 0.143 e. The highest BCUT2D eigenvalue weighted by molar-refractivity contribution is 6.23.